The molecule has 1 aromatic rings. The summed E-state index contributed by atoms with van der Waals surface area (Å²) in [5, 5.41) is 2.97. The SMILES string of the molecule is Cc1ccc(C(=O)NCCC[NH+]2CCOCC2)cc1. The summed E-state index contributed by atoms with van der Waals surface area (Å²) in [5.41, 5.74) is 1.91. The van der Waals surface area contributed by atoms with Crippen molar-refractivity contribution < 1.29 is 14.4 Å². The molecule has 0 atom stereocenters. The largest absolute Gasteiger partial charge is 0.370 e. The van der Waals surface area contributed by atoms with Crippen LogP contribution in [0, 0.1) is 6.92 Å². The molecule has 0 unspecified atom stereocenters. The Hall–Kier alpha value is -1.39. The maximum atomic E-state index is 11.9. The van der Waals surface area contributed by atoms with Crippen LogP contribution in [-0.2, 0) is 4.74 Å². The van der Waals surface area contributed by atoms with Gasteiger partial charge in [0.1, 0.15) is 13.1 Å². The summed E-state index contributed by atoms with van der Waals surface area (Å²) in [6.07, 6.45) is 1.02. The highest BCUT2D eigenvalue weighted by Crippen LogP contribution is 2.02. The lowest BCUT2D eigenvalue weighted by atomic mass is 10.1. The van der Waals surface area contributed by atoms with E-state index < -0.39 is 0 Å². The fourth-order valence-corrected chi connectivity index (χ4v) is 2.26. The Kier molecular flexibility index (Phi) is 5.36. The molecule has 1 fully saturated rings. The van der Waals surface area contributed by atoms with Crippen LogP contribution in [-0.4, -0.2) is 45.3 Å². The van der Waals surface area contributed by atoms with Gasteiger partial charge in [-0.2, -0.15) is 0 Å². The standard InChI is InChI=1S/C15H22N2O2/c1-13-3-5-14(6-4-13)15(18)16-7-2-8-17-9-11-19-12-10-17/h3-6H,2,7-12H2,1H3,(H,16,18)/p+1. The van der Waals surface area contributed by atoms with Crippen LogP contribution in [0.25, 0.3) is 0 Å². The van der Waals surface area contributed by atoms with Crippen LogP contribution in [0.5, 0.6) is 0 Å². The van der Waals surface area contributed by atoms with E-state index in [1.165, 1.54) is 5.56 Å². The monoisotopic (exact) mass is 263 g/mol. The minimum Gasteiger partial charge on any atom is -0.370 e. The van der Waals surface area contributed by atoms with Crippen molar-refractivity contribution in [2.75, 3.05) is 39.4 Å². The van der Waals surface area contributed by atoms with Gasteiger partial charge in [-0.1, -0.05) is 17.7 Å². The molecule has 1 aromatic carbocycles. The third-order valence-corrected chi connectivity index (χ3v) is 3.51. The van der Waals surface area contributed by atoms with Crippen LogP contribution in [0.15, 0.2) is 24.3 Å². The smallest absolute Gasteiger partial charge is 0.251 e. The quantitative estimate of drug-likeness (QED) is 0.736. The van der Waals surface area contributed by atoms with E-state index in [0.717, 1.165) is 51.4 Å². The summed E-state index contributed by atoms with van der Waals surface area (Å²) in [7, 11) is 0. The van der Waals surface area contributed by atoms with Gasteiger partial charge in [0.15, 0.2) is 0 Å². The molecule has 0 radical (unpaired) electrons. The molecule has 2 rings (SSSR count). The predicted molar refractivity (Wildman–Crippen MR) is 74.5 cm³/mol. The number of hydrogen-bond donors (Lipinski definition) is 2. The van der Waals surface area contributed by atoms with Gasteiger partial charge in [-0.25, -0.2) is 0 Å². The molecule has 104 valence electrons. The number of ether oxygens (including phenoxy) is 1. The van der Waals surface area contributed by atoms with Crippen molar-refractivity contribution in [1.29, 1.82) is 0 Å². The number of amides is 1. The Morgan fingerprint density at radius 3 is 2.63 bits per heavy atom. The molecule has 2 N–H and O–H groups in total. The Morgan fingerprint density at radius 1 is 1.26 bits per heavy atom. The summed E-state index contributed by atoms with van der Waals surface area (Å²) >= 11 is 0. The first-order chi connectivity index (χ1) is 9.25. The zero-order chi connectivity index (χ0) is 13.5. The second-order valence-corrected chi connectivity index (χ2v) is 5.09. The van der Waals surface area contributed by atoms with E-state index >= 15 is 0 Å². The van der Waals surface area contributed by atoms with Gasteiger partial charge in [0.05, 0.1) is 19.8 Å². The number of nitrogens with one attached hydrogen (secondary N) is 2. The molecule has 0 aromatic heterocycles. The average molecular weight is 263 g/mol. The summed E-state index contributed by atoms with van der Waals surface area (Å²) in [6, 6.07) is 7.68. The number of benzene rings is 1. The lowest BCUT2D eigenvalue weighted by molar-refractivity contribution is -0.908. The van der Waals surface area contributed by atoms with E-state index in [9.17, 15) is 4.79 Å². The molecule has 0 bridgehead atoms. The van der Waals surface area contributed by atoms with Gasteiger partial charge < -0.3 is 15.0 Å². The molecule has 19 heavy (non-hydrogen) atoms. The number of carbonyl (C=O) groups is 1. The fraction of sp³-hybridized carbons (Fsp3) is 0.533. The maximum absolute atomic E-state index is 11.9. The number of aryl methyl sites for hydroxylation is 1. The van der Waals surface area contributed by atoms with Gasteiger partial charge in [-0.3, -0.25) is 4.79 Å². The molecule has 1 aliphatic heterocycles. The minimum atomic E-state index is 0.0250. The van der Waals surface area contributed by atoms with Crippen molar-refractivity contribution in [3.8, 4) is 0 Å². The average Bonchev–Trinajstić information content (AvgIpc) is 2.45. The molecule has 0 aliphatic carbocycles. The van der Waals surface area contributed by atoms with Gasteiger partial charge in [0.2, 0.25) is 0 Å². The third kappa shape index (κ3) is 4.65. The van der Waals surface area contributed by atoms with Crippen LogP contribution in [0.4, 0.5) is 0 Å². The Balaban J connectivity index is 1.64. The van der Waals surface area contributed by atoms with Crippen LogP contribution < -0.4 is 10.2 Å². The second-order valence-electron chi connectivity index (χ2n) is 5.09. The van der Waals surface area contributed by atoms with Crippen molar-refractivity contribution >= 4 is 5.91 Å². The van der Waals surface area contributed by atoms with Gasteiger partial charge in [0, 0.05) is 18.5 Å². The molecule has 4 heteroatoms. The first kappa shape index (κ1) is 14.0. The number of morpholine rings is 1. The summed E-state index contributed by atoms with van der Waals surface area (Å²) < 4.78 is 5.32. The van der Waals surface area contributed by atoms with Crippen LogP contribution in [0.1, 0.15) is 22.3 Å². The van der Waals surface area contributed by atoms with Crippen molar-refractivity contribution in [3.63, 3.8) is 0 Å². The van der Waals surface area contributed by atoms with E-state index in [1.54, 1.807) is 4.90 Å². The van der Waals surface area contributed by atoms with E-state index in [1.807, 2.05) is 31.2 Å². The Bertz CT molecular complexity index is 397. The Morgan fingerprint density at radius 2 is 1.95 bits per heavy atom. The first-order valence-electron chi connectivity index (χ1n) is 7.02. The lowest BCUT2D eigenvalue weighted by Crippen LogP contribution is -3.14. The number of quaternary nitrogens is 1. The zero-order valence-corrected chi connectivity index (χ0v) is 11.6. The van der Waals surface area contributed by atoms with Crippen LogP contribution in [0.3, 0.4) is 0 Å². The number of rotatable bonds is 5. The molecule has 1 heterocycles. The molecule has 1 aliphatic rings. The number of carbonyl (C=O) groups excluding carboxylic acids is 1. The molecule has 1 saturated heterocycles. The van der Waals surface area contributed by atoms with Gasteiger partial charge in [-0.15, -0.1) is 0 Å². The molecule has 1 amide bonds. The van der Waals surface area contributed by atoms with Crippen LogP contribution >= 0.6 is 0 Å². The molecular formula is C15H23N2O2+. The van der Waals surface area contributed by atoms with Crippen LogP contribution in [0.2, 0.25) is 0 Å². The van der Waals surface area contributed by atoms with E-state index in [-0.39, 0.29) is 5.91 Å². The second kappa shape index (κ2) is 7.26. The molecule has 0 spiro atoms. The summed E-state index contributed by atoms with van der Waals surface area (Å²) in [5.74, 6) is 0.0250. The summed E-state index contributed by atoms with van der Waals surface area (Å²) in [4.78, 5) is 13.4. The van der Waals surface area contributed by atoms with E-state index in [4.69, 9.17) is 4.74 Å². The highest BCUT2D eigenvalue weighted by Gasteiger charge is 2.13. The highest BCUT2D eigenvalue weighted by atomic mass is 16.5. The Labute approximate surface area is 114 Å². The van der Waals surface area contributed by atoms with E-state index in [2.05, 4.69) is 5.32 Å². The zero-order valence-electron chi connectivity index (χ0n) is 11.6. The minimum absolute atomic E-state index is 0.0250. The highest BCUT2D eigenvalue weighted by molar-refractivity contribution is 5.94. The first-order valence-corrected chi connectivity index (χ1v) is 7.02. The molecule has 0 saturated carbocycles. The normalized spacial score (nSPS) is 16.3. The van der Waals surface area contributed by atoms with Crippen molar-refractivity contribution in [1.82, 2.24) is 5.32 Å². The van der Waals surface area contributed by atoms with Crippen molar-refractivity contribution in [2.45, 2.75) is 13.3 Å². The van der Waals surface area contributed by atoms with E-state index in [0.29, 0.717) is 0 Å². The molecular weight excluding hydrogens is 240 g/mol. The number of hydrogen-bond acceptors (Lipinski definition) is 2. The molecule has 4 nitrogen and oxygen atoms in total. The van der Waals surface area contributed by atoms with Gasteiger partial charge in [0.25, 0.3) is 5.91 Å². The van der Waals surface area contributed by atoms with Crippen molar-refractivity contribution in [3.05, 3.63) is 35.4 Å². The summed E-state index contributed by atoms with van der Waals surface area (Å²) in [6.45, 7) is 7.79. The maximum Gasteiger partial charge on any atom is 0.251 e. The lowest BCUT2D eigenvalue weighted by Gasteiger charge is -2.23. The topological polar surface area (TPSA) is 42.8 Å². The van der Waals surface area contributed by atoms with Gasteiger partial charge >= 0.3 is 0 Å². The third-order valence-electron chi connectivity index (χ3n) is 3.51. The predicted octanol–water partition coefficient (Wildman–Crippen LogP) is 0.0300. The fourth-order valence-electron chi connectivity index (χ4n) is 2.26. The van der Waals surface area contributed by atoms with Gasteiger partial charge in [-0.05, 0) is 19.1 Å². The van der Waals surface area contributed by atoms with Crippen molar-refractivity contribution in [2.24, 2.45) is 0 Å².